The van der Waals surface area contributed by atoms with Crippen molar-refractivity contribution >= 4 is 0 Å². The Labute approximate surface area is 171 Å². The lowest BCUT2D eigenvalue weighted by atomic mass is 10.3. The summed E-state index contributed by atoms with van der Waals surface area (Å²) in [5.41, 5.74) is 1.45. The standard InChI is InChI=1S/C23H27N3O3/c1-4-5-17-28-21-10-6-19(7-11-21)25-14-15-26(23(25)27)20-8-12-22(13-9-20)29-18-16-24(2)3/h4-15H,16-18H2,1-3H3/b5-4+. The smallest absolute Gasteiger partial charge is 0.337 e. The van der Waals surface area contributed by atoms with Gasteiger partial charge in [-0.2, -0.15) is 0 Å². The van der Waals surface area contributed by atoms with Crippen LogP contribution in [0.1, 0.15) is 6.92 Å². The maximum Gasteiger partial charge on any atom is 0.337 e. The third kappa shape index (κ3) is 5.39. The number of likely N-dealkylation sites (N-methyl/N-ethyl adjacent to an activating group) is 1. The van der Waals surface area contributed by atoms with Crippen LogP contribution in [0.25, 0.3) is 11.4 Å². The van der Waals surface area contributed by atoms with E-state index in [9.17, 15) is 4.79 Å². The van der Waals surface area contributed by atoms with Gasteiger partial charge >= 0.3 is 5.69 Å². The Bertz CT molecular complexity index is 983. The Morgan fingerprint density at radius 2 is 1.38 bits per heavy atom. The van der Waals surface area contributed by atoms with Crippen molar-refractivity contribution in [2.75, 3.05) is 33.9 Å². The number of nitrogens with zero attached hydrogens (tertiary/aromatic N) is 3. The van der Waals surface area contributed by atoms with Crippen molar-refractivity contribution in [3.8, 4) is 22.9 Å². The molecule has 6 nitrogen and oxygen atoms in total. The van der Waals surface area contributed by atoms with Crippen molar-refractivity contribution in [2.24, 2.45) is 0 Å². The molecule has 0 saturated carbocycles. The molecule has 0 unspecified atom stereocenters. The fourth-order valence-corrected chi connectivity index (χ4v) is 2.76. The van der Waals surface area contributed by atoms with E-state index in [1.165, 1.54) is 0 Å². The minimum atomic E-state index is -0.131. The molecule has 0 aliphatic heterocycles. The average molecular weight is 393 g/mol. The molecule has 6 heteroatoms. The summed E-state index contributed by atoms with van der Waals surface area (Å²) in [4.78, 5) is 14.9. The maximum atomic E-state index is 12.8. The molecule has 0 aliphatic rings. The highest BCUT2D eigenvalue weighted by Gasteiger charge is 2.08. The molecule has 0 aliphatic carbocycles. The first-order valence-electron chi connectivity index (χ1n) is 9.61. The first kappa shape index (κ1) is 20.5. The maximum absolute atomic E-state index is 12.8. The second-order valence-electron chi connectivity index (χ2n) is 6.84. The van der Waals surface area contributed by atoms with Gasteiger partial charge in [-0.15, -0.1) is 0 Å². The highest BCUT2D eigenvalue weighted by Crippen LogP contribution is 2.17. The van der Waals surface area contributed by atoms with Crippen LogP contribution in [0.15, 0.2) is 77.9 Å². The Kier molecular flexibility index (Phi) is 6.92. The minimum Gasteiger partial charge on any atom is -0.492 e. The minimum absolute atomic E-state index is 0.131. The van der Waals surface area contributed by atoms with Crippen molar-refractivity contribution in [3.05, 3.63) is 83.6 Å². The predicted octanol–water partition coefficient (Wildman–Crippen LogP) is 3.52. The van der Waals surface area contributed by atoms with Crippen LogP contribution in [0.5, 0.6) is 11.5 Å². The van der Waals surface area contributed by atoms with Gasteiger partial charge in [0.2, 0.25) is 0 Å². The first-order chi connectivity index (χ1) is 14.1. The molecular formula is C23H27N3O3. The van der Waals surface area contributed by atoms with Crippen LogP contribution in [0.3, 0.4) is 0 Å². The van der Waals surface area contributed by atoms with Gasteiger partial charge in [-0.3, -0.25) is 9.13 Å². The van der Waals surface area contributed by atoms with Crippen LogP contribution < -0.4 is 15.2 Å². The summed E-state index contributed by atoms with van der Waals surface area (Å²) in [6.45, 7) is 3.95. The Hall–Kier alpha value is -3.25. The van der Waals surface area contributed by atoms with Gasteiger partial charge in [-0.25, -0.2) is 4.79 Å². The van der Waals surface area contributed by atoms with Crippen LogP contribution in [0.4, 0.5) is 0 Å². The molecule has 0 N–H and O–H groups in total. The van der Waals surface area contributed by atoms with E-state index in [0.717, 1.165) is 29.4 Å². The van der Waals surface area contributed by atoms with Crippen LogP contribution >= 0.6 is 0 Å². The molecular weight excluding hydrogens is 366 g/mol. The number of aromatic nitrogens is 2. The molecule has 1 heterocycles. The zero-order valence-electron chi connectivity index (χ0n) is 17.1. The summed E-state index contributed by atoms with van der Waals surface area (Å²) in [7, 11) is 4.02. The van der Waals surface area contributed by atoms with Crippen LogP contribution in [0.2, 0.25) is 0 Å². The van der Waals surface area contributed by atoms with E-state index < -0.39 is 0 Å². The van der Waals surface area contributed by atoms with Gasteiger partial charge in [0.15, 0.2) is 0 Å². The lowest BCUT2D eigenvalue weighted by Gasteiger charge is -2.11. The highest BCUT2D eigenvalue weighted by molar-refractivity contribution is 5.40. The van der Waals surface area contributed by atoms with Crippen LogP contribution in [-0.2, 0) is 0 Å². The normalized spacial score (nSPS) is 11.3. The van der Waals surface area contributed by atoms with Gasteiger partial charge in [0.25, 0.3) is 0 Å². The third-order valence-corrected chi connectivity index (χ3v) is 4.40. The molecule has 0 fully saturated rings. The second-order valence-corrected chi connectivity index (χ2v) is 6.84. The number of imidazole rings is 1. The van der Waals surface area contributed by atoms with Crippen molar-refractivity contribution in [3.63, 3.8) is 0 Å². The summed E-state index contributed by atoms with van der Waals surface area (Å²) in [6, 6.07) is 15.0. The largest absolute Gasteiger partial charge is 0.492 e. The van der Waals surface area contributed by atoms with Gasteiger partial charge < -0.3 is 14.4 Å². The van der Waals surface area contributed by atoms with Crippen molar-refractivity contribution in [1.82, 2.24) is 14.0 Å². The number of allylic oxidation sites excluding steroid dienone is 1. The zero-order valence-corrected chi connectivity index (χ0v) is 17.1. The monoisotopic (exact) mass is 393 g/mol. The van der Waals surface area contributed by atoms with Gasteiger partial charge in [0.05, 0.1) is 11.4 Å². The molecule has 3 aromatic rings. The van der Waals surface area contributed by atoms with E-state index in [2.05, 4.69) is 4.90 Å². The fourth-order valence-electron chi connectivity index (χ4n) is 2.76. The summed E-state index contributed by atoms with van der Waals surface area (Å²) in [6.07, 6.45) is 7.41. The van der Waals surface area contributed by atoms with Gasteiger partial charge in [-0.1, -0.05) is 12.2 Å². The summed E-state index contributed by atoms with van der Waals surface area (Å²) < 4.78 is 14.5. The summed E-state index contributed by atoms with van der Waals surface area (Å²) >= 11 is 0. The van der Waals surface area contributed by atoms with Crippen molar-refractivity contribution in [1.29, 1.82) is 0 Å². The number of hydrogen-bond donors (Lipinski definition) is 0. The third-order valence-electron chi connectivity index (χ3n) is 4.40. The van der Waals surface area contributed by atoms with E-state index in [-0.39, 0.29) is 5.69 Å². The SMILES string of the molecule is C/C=C/COc1ccc(-n2ccn(-c3ccc(OCCN(C)C)cc3)c2=O)cc1. The second kappa shape index (κ2) is 9.80. The molecule has 2 aromatic carbocycles. The summed E-state index contributed by atoms with van der Waals surface area (Å²) in [5, 5.41) is 0. The molecule has 0 bridgehead atoms. The van der Waals surface area contributed by atoms with Crippen LogP contribution in [0, 0.1) is 0 Å². The van der Waals surface area contributed by atoms with Gasteiger partial charge in [-0.05, 0) is 69.6 Å². The average Bonchev–Trinajstić information content (AvgIpc) is 3.10. The zero-order chi connectivity index (χ0) is 20.6. The predicted molar refractivity (Wildman–Crippen MR) is 116 cm³/mol. The highest BCUT2D eigenvalue weighted by atomic mass is 16.5. The summed E-state index contributed by atoms with van der Waals surface area (Å²) in [5.74, 6) is 1.56. The molecule has 29 heavy (non-hydrogen) atoms. The van der Waals surface area contributed by atoms with E-state index >= 15 is 0 Å². The van der Waals surface area contributed by atoms with E-state index in [1.807, 2.05) is 81.7 Å². The molecule has 0 atom stereocenters. The number of ether oxygens (including phenoxy) is 2. The molecule has 3 rings (SSSR count). The Morgan fingerprint density at radius 1 is 0.862 bits per heavy atom. The lowest BCUT2D eigenvalue weighted by molar-refractivity contribution is 0.261. The topological polar surface area (TPSA) is 48.6 Å². The molecule has 152 valence electrons. The number of hydrogen-bond acceptors (Lipinski definition) is 4. The van der Waals surface area contributed by atoms with Crippen molar-refractivity contribution < 1.29 is 9.47 Å². The molecule has 1 aromatic heterocycles. The van der Waals surface area contributed by atoms with Crippen molar-refractivity contribution in [2.45, 2.75) is 6.92 Å². The molecule has 0 amide bonds. The first-order valence-corrected chi connectivity index (χ1v) is 9.61. The van der Waals surface area contributed by atoms with Gasteiger partial charge in [0, 0.05) is 18.9 Å². The molecule has 0 saturated heterocycles. The van der Waals surface area contributed by atoms with Crippen LogP contribution in [-0.4, -0.2) is 47.9 Å². The van der Waals surface area contributed by atoms with E-state index in [4.69, 9.17) is 9.47 Å². The Morgan fingerprint density at radius 3 is 1.86 bits per heavy atom. The quantitative estimate of drug-likeness (QED) is 0.522. The number of benzene rings is 2. The fraction of sp³-hybridized carbons (Fsp3) is 0.261. The Balaban J connectivity index is 1.71. The van der Waals surface area contributed by atoms with E-state index in [0.29, 0.717) is 13.2 Å². The van der Waals surface area contributed by atoms with E-state index in [1.54, 1.807) is 21.5 Å². The molecule has 0 spiro atoms. The molecule has 0 radical (unpaired) electrons. The number of rotatable bonds is 9. The van der Waals surface area contributed by atoms with Gasteiger partial charge in [0.1, 0.15) is 24.7 Å². The lowest BCUT2D eigenvalue weighted by Crippen LogP contribution is -2.21.